The fraction of sp³-hybridized carbons (Fsp3) is 0.600. The van der Waals surface area contributed by atoms with Crippen molar-refractivity contribution in [2.24, 2.45) is 5.41 Å². The van der Waals surface area contributed by atoms with E-state index in [2.05, 4.69) is 5.32 Å². The van der Waals surface area contributed by atoms with Crippen molar-refractivity contribution < 1.29 is 32.6 Å². The number of alkyl halides is 3. The molecule has 0 aromatic heterocycles. The number of aliphatic hydroxyl groups is 1. The highest BCUT2D eigenvalue weighted by Crippen LogP contribution is 2.49. The molecule has 0 unspecified atom stereocenters. The Labute approximate surface area is 167 Å². The minimum atomic E-state index is -4.41. The van der Waals surface area contributed by atoms with Crippen molar-refractivity contribution in [1.82, 2.24) is 5.32 Å². The number of carbonyl (C=O) groups is 2. The van der Waals surface area contributed by atoms with Crippen molar-refractivity contribution in [2.75, 3.05) is 25.1 Å². The SMILES string of the molecule is CNC(=O)CC1(O)CCC2(CCN(c3ccc(OCC(F)(F)F)cc3)C2=O)CC1. The fourth-order valence-corrected chi connectivity index (χ4v) is 4.18. The third-order valence-corrected chi connectivity index (χ3v) is 5.97. The van der Waals surface area contributed by atoms with Gasteiger partial charge in [0.15, 0.2) is 6.61 Å². The predicted molar refractivity (Wildman–Crippen MR) is 99.5 cm³/mol. The first kappa shape index (κ1) is 21.4. The molecule has 0 atom stereocenters. The highest BCUT2D eigenvalue weighted by molar-refractivity contribution is 6.00. The minimum Gasteiger partial charge on any atom is -0.484 e. The van der Waals surface area contributed by atoms with Crippen molar-refractivity contribution in [3.63, 3.8) is 0 Å². The maximum atomic E-state index is 13.1. The number of ether oxygens (including phenoxy) is 1. The highest BCUT2D eigenvalue weighted by Gasteiger charge is 2.51. The molecular weight excluding hydrogens is 389 g/mol. The first-order valence-corrected chi connectivity index (χ1v) is 9.60. The Balaban J connectivity index is 1.62. The quantitative estimate of drug-likeness (QED) is 0.777. The van der Waals surface area contributed by atoms with E-state index in [0.29, 0.717) is 44.3 Å². The Bertz CT molecular complexity index is 756. The van der Waals surface area contributed by atoms with Gasteiger partial charge in [-0.2, -0.15) is 13.2 Å². The van der Waals surface area contributed by atoms with Crippen LogP contribution in [0.4, 0.5) is 18.9 Å². The molecule has 0 bridgehead atoms. The van der Waals surface area contributed by atoms with E-state index in [0.717, 1.165) is 0 Å². The average molecular weight is 414 g/mol. The van der Waals surface area contributed by atoms with E-state index in [1.165, 1.54) is 19.2 Å². The molecule has 3 rings (SSSR count). The second-order valence-corrected chi connectivity index (χ2v) is 7.96. The Morgan fingerprint density at radius 3 is 2.34 bits per heavy atom. The molecule has 1 heterocycles. The third kappa shape index (κ3) is 4.83. The molecular formula is C20H25F3N2O4. The van der Waals surface area contributed by atoms with E-state index in [4.69, 9.17) is 4.74 Å². The summed E-state index contributed by atoms with van der Waals surface area (Å²) in [6, 6.07) is 5.99. The number of nitrogens with one attached hydrogen (secondary N) is 1. The molecule has 29 heavy (non-hydrogen) atoms. The van der Waals surface area contributed by atoms with Crippen LogP contribution in [0.1, 0.15) is 38.5 Å². The van der Waals surface area contributed by atoms with Crippen LogP contribution < -0.4 is 15.0 Å². The molecule has 1 aromatic rings. The number of rotatable bonds is 5. The lowest BCUT2D eigenvalue weighted by molar-refractivity contribution is -0.153. The van der Waals surface area contributed by atoms with Crippen molar-refractivity contribution in [1.29, 1.82) is 0 Å². The van der Waals surface area contributed by atoms with Gasteiger partial charge in [-0.1, -0.05) is 0 Å². The van der Waals surface area contributed by atoms with Gasteiger partial charge in [0, 0.05) is 19.3 Å². The van der Waals surface area contributed by atoms with Crippen LogP contribution in [0.5, 0.6) is 5.75 Å². The van der Waals surface area contributed by atoms with Crippen molar-refractivity contribution in [3.8, 4) is 5.75 Å². The monoisotopic (exact) mass is 414 g/mol. The Hall–Kier alpha value is -2.29. The van der Waals surface area contributed by atoms with Crippen LogP contribution in [-0.4, -0.2) is 48.9 Å². The van der Waals surface area contributed by atoms with Crippen LogP contribution in [0.3, 0.4) is 0 Å². The van der Waals surface area contributed by atoms with Crippen molar-refractivity contribution in [3.05, 3.63) is 24.3 Å². The molecule has 1 saturated heterocycles. The van der Waals surface area contributed by atoms with E-state index >= 15 is 0 Å². The molecule has 2 aliphatic rings. The van der Waals surface area contributed by atoms with Gasteiger partial charge < -0.3 is 20.1 Å². The summed E-state index contributed by atoms with van der Waals surface area (Å²) in [7, 11) is 1.52. The number of nitrogens with zero attached hydrogens (tertiary/aromatic N) is 1. The summed E-state index contributed by atoms with van der Waals surface area (Å²) >= 11 is 0. The summed E-state index contributed by atoms with van der Waals surface area (Å²) in [4.78, 5) is 26.3. The van der Waals surface area contributed by atoms with E-state index in [9.17, 15) is 27.9 Å². The minimum absolute atomic E-state index is 0.0247. The van der Waals surface area contributed by atoms with Crippen LogP contribution in [-0.2, 0) is 9.59 Å². The number of hydrogen-bond donors (Lipinski definition) is 2. The highest BCUT2D eigenvalue weighted by atomic mass is 19.4. The van der Waals surface area contributed by atoms with E-state index in [-0.39, 0.29) is 24.0 Å². The van der Waals surface area contributed by atoms with Crippen molar-refractivity contribution >= 4 is 17.5 Å². The third-order valence-electron chi connectivity index (χ3n) is 5.97. The smallest absolute Gasteiger partial charge is 0.422 e. The molecule has 2 amide bonds. The molecule has 1 saturated carbocycles. The lowest BCUT2D eigenvalue weighted by Gasteiger charge is -2.40. The van der Waals surface area contributed by atoms with Gasteiger partial charge in [0.2, 0.25) is 11.8 Å². The summed E-state index contributed by atoms with van der Waals surface area (Å²) in [5.74, 6) is -0.177. The molecule has 6 nitrogen and oxygen atoms in total. The number of anilines is 1. The number of amides is 2. The number of carbonyl (C=O) groups excluding carboxylic acids is 2. The molecule has 2 N–H and O–H groups in total. The van der Waals surface area contributed by atoms with E-state index in [1.807, 2.05) is 0 Å². The maximum Gasteiger partial charge on any atom is 0.422 e. The normalized spacial score (nSPS) is 27.3. The molecule has 9 heteroatoms. The summed E-state index contributed by atoms with van der Waals surface area (Å²) in [5, 5.41) is 13.2. The summed E-state index contributed by atoms with van der Waals surface area (Å²) in [6.45, 7) is -0.855. The predicted octanol–water partition coefficient (Wildman–Crippen LogP) is 2.79. The van der Waals surface area contributed by atoms with Gasteiger partial charge >= 0.3 is 6.18 Å². The van der Waals surface area contributed by atoms with Crippen LogP contribution in [0, 0.1) is 5.41 Å². The Morgan fingerprint density at radius 2 is 1.79 bits per heavy atom. The lowest BCUT2D eigenvalue weighted by atomic mass is 9.67. The average Bonchev–Trinajstić information content (AvgIpc) is 2.99. The van der Waals surface area contributed by atoms with Gasteiger partial charge in [0.25, 0.3) is 0 Å². The zero-order chi connectivity index (χ0) is 21.3. The maximum absolute atomic E-state index is 13.1. The summed E-state index contributed by atoms with van der Waals surface area (Å²) < 4.78 is 41.4. The van der Waals surface area contributed by atoms with Gasteiger partial charge in [-0.05, 0) is 56.4 Å². The van der Waals surface area contributed by atoms with Gasteiger partial charge in [0.1, 0.15) is 5.75 Å². The largest absolute Gasteiger partial charge is 0.484 e. The van der Waals surface area contributed by atoms with Gasteiger partial charge in [-0.25, -0.2) is 0 Å². The molecule has 0 radical (unpaired) electrons. The first-order chi connectivity index (χ1) is 13.6. The Kier molecular flexibility index (Phi) is 5.80. The van der Waals surface area contributed by atoms with Crippen molar-refractivity contribution in [2.45, 2.75) is 50.3 Å². The lowest BCUT2D eigenvalue weighted by Crippen LogP contribution is -2.45. The van der Waals surface area contributed by atoms with Gasteiger partial charge in [-0.3, -0.25) is 9.59 Å². The van der Waals surface area contributed by atoms with E-state index < -0.39 is 23.8 Å². The summed E-state index contributed by atoms with van der Waals surface area (Å²) in [6.07, 6.45) is -1.97. The molecule has 1 spiro atoms. The molecule has 160 valence electrons. The number of halogens is 3. The van der Waals surface area contributed by atoms with Gasteiger partial charge in [0.05, 0.1) is 17.4 Å². The molecule has 1 aliphatic heterocycles. The molecule has 2 fully saturated rings. The fourth-order valence-electron chi connectivity index (χ4n) is 4.18. The zero-order valence-electron chi connectivity index (χ0n) is 16.2. The second-order valence-electron chi connectivity index (χ2n) is 7.96. The number of hydrogen-bond acceptors (Lipinski definition) is 4. The topological polar surface area (TPSA) is 78.9 Å². The number of benzene rings is 1. The Morgan fingerprint density at radius 1 is 1.17 bits per heavy atom. The van der Waals surface area contributed by atoms with Crippen LogP contribution >= 0.6 is 0 Å². The standard InChI is InChI=1S/C20H25F3N2O4/c1-24-16(26)12-19(28)8-6-18(7-9-19)10-11-25(17(18)27)14-2-4-15(5-3-14)29-13-20(21,22)23/h2-5,28H,6-13H2,1H3,(H,24,26). The van der Waals surface area contributed by atoms with Gasteiger partial charge in [-0.15, -0.1) is 0 Å². The first-order valence-electron chi connectivity index (χ1n) is 9.60. The van der Waals surface area contributed by atoms with E-state index in [1.54, 1.807) is 17.0 Å². The van der Waals surface area contributed by atoms with Crippen LogP contribution in [0.2, 0.25) is 0 Å². The zero-order valence-corrected chi connectivity index (χ0v) is 16.2. The van der Waals surface area contributed by atoms with Crippen LogP contribution in [0.25, 0.3) is 0 Å². The summed E-state index contributed by atoms with van der Waals surface area (Å²) in [5.41, 5.74) is -1.03. The van der Waals surface area contributed by atoms with Crippen LogP contribution in [0.15, 0.2) is 24.3 Å². The molecule has 1 aromatic carbocycles. The second kappa shape index (κ2) is 7.85. The molecule has 1 aliphatic carbocycles.